The molecule has 0 unspecified atom stereocenters. The molecule has 0 aliphatic rings. The Labute approximate surface area is 82.6 Å². The Kier molecular flexibility index (Phi) is 5.79. The predicted molar refractivity (Wildman–Crippen MR) is 51.0 cm³/mol. The molecule has 2 nitrogen and oxygen atoms in total. The van der Waals surface area contributed by atoms with Gasteiger partial charge in [-0.2, -0.15) is 13.2 Å². The number of halogens is 3. The summed E-state index contributed by atoms with van der Waals surface area (Å²) in [5.41, 5.74) is 5.19. The lowest BCUT2D eigenvalue weighted by atomic mass is 10.3. The van der Waals surface area contributed by atoms with Crippen LogP contribution in [0, 0.1) is 0 Å². The largest absolute Gasteiger partial charge is 0.401 e. The van der Waals surface area contributed by atoms with Crippen LogP contribution in [0.15, 0.2) is 12.2 Å². The average Bonchev–Trinajstić information content (AvgIpc) is 2.00. The first kappa shape index (κ1) is 13.4. The summed E-state index contributed by atoms with van der Waals surface area (Å²) in [6.45, 7) is 3.25. The van der Waals surface area contributed by atoms with E-state index in [9.17, 15) is 13.2 Å². The number of alkyl halides is 3. The van der Waals surface area contributed by atoms with Crippen molar-refractivity contribution in [1.82, 2.24) is 4.90 Å². The first-order chi connectivity index (χ1) is 6.37. The lowest BCUT2D eigenvalue weighted by Gasteiger charge is -2.25. The second kappa shape index (κ2) is 6.03. The van der Waals surface area contributed by atoms with Crippen LogP contribution in [0.3, 0.4) is 0 Å². The molecule has 0 spiro atoms. The maximum Gasteiger partial charge on any atom is 0.401 e. The fraction of sp³-hybridized carbons (Fsp3) is 0.778. The zero-order chi connectivity index (χ0) is 11.2. The summed E-state index contributed by atoms with van der Waals surface area (Å²) in [6, 6.07) is -0.126. The standard InChI is InChI=1S/C9H17F3N2/c1-8(2)14(6-4-3-5-13)7-9(10,11)12/h3-4,8H,5-7,13H2,1-2H3. The zero-order valence-corrected chi connectivity index (χ0v) is 8.51. The molecule has 0 heterocycles. The molecular weight excluding hydrogens is 193 g/mol. The lowest BCUT2D eigenvalue weighted by Crippen LogP contribution is -2.39. The van der Waals surface area contributed by atoms with Crippen LogP contribution in [0.2, 0.25) is 0 Å². The summed E-state index contributed by atoms with van der Waals surface area (Å²) in [7, 11) is 0. The van der Waals surface area contributed by atoms with E-state index in [1.165, 1.54) is 4.90 Å². The first-order valence-electron chi connectivity index (χ1n) is 4.52. The molecule has 0 bridgehead atoms. The summed E-state index contributed by atoms with van der Waals surface area (Å²) in [4.78, 5) is 1.34. The van der Waals surface area contributed by atoms with Crippen LogP contribution in [0.5, 0.6) is 0 Å². The summed E-state index contributed by atoms with van der Waals surface area (Å²) in [5, 5.41) is 0. The fourth-order valence-electron chi connectivity index (χ4n) is 0.994. The predicted octanol–water partition coefficient (Wildman–Crippen LogP) is 1.77. The van der Waals surface area contributed by atoms with Gasteiger partial charge in [-0.1, -0.05) is 12.2 Å². The van der Waals surface area contributed by atoms with Gasteiger partial charge in [-0.15, -0.1) is 0 Å². The third-order valence-electron chi connectivity index (χ3n) is 1.76. The molecule has 0 aromatic rings. The van der Waals surface area contributed by atoms with Crippen molar-refractivity contribution in [3.63, 3.8) is 0 Å². The Morgan fingerprint density at radius 1 is 1.29 bits per heavy atom. The third-order valence-corrected chi connectivity index (χ3v) is 1.76. The maximum atomic E-state index is 12.1. The Balaban J connectivity index is 4.10. The Bertz CT molecular complexity index is 175. The lowest BCUT2D eigenvalue weighted by molar-refractivity contribution is -0.148. The van der Waals surface area contributed by atoms with E-state index in [-0.39, 0.29) is 12.6 Å². The number of rotatable bonds is 5. The highest BCUT2D eigenvalue weighted by atomic mass is 19.4. The highest BCUT2D eigenvalue weighted by Gasteiger charge is 2.31. The number of nitrogens with zero attached hydrogens (tertiary/aromatic N) is 1. The van der Waals surface area contributed by atoms with Gasteiger partial charge in [0.2, 0.25) is 0 Å². The first-order valence-corrected chi connectivity index (χ1v) is 4.52. The molecule has 2 N–H and O–H groups in total. The van der Waals surface area contributed by atoms with E-state index in [4.69, 9.17) is 5.73 Å². The highest BCUT2D eigenvalue weighted by Crippen LogP contribution is 2.17. The van der Waals surface area contributed by atoms with E-state index in [2.05, 4.69) is 0 Å². The van der Waals surface area contributed by atoms with Crippen LogP contribution >= 0.6 is 0 Å². The van der Waals surface area contributed by atoms with Gasteiger partial charge in [0.15, 0.2) is 0 Å². The molecule has 0 amide bonds. The Morgan fingerprint density at radius 2 is 1.86 bits per heavy atom. The van der Waals surface area contributed by atoms with Crippen LogP contribution in [0.25, 0.3) is 0 Å². The van der Waals surface area contributed by atoms with Crippen molar-refractivity contribution in [3.05, 3.63) is 12.2 Å². The van der Waals surface area contributed by atoms with Gasteiger partial charge in [0.1, 0.15) is 0 Å². The van der Waals surface area contributed by atoms with Gasteiger partial charge in [0.05, 0.1) is 6.54 Å². The van der Waals surface area contributed by atoms with Gasteiger partial charge in [0, 0.05) is 19.1 Å². The van der Waals surface area contributed by atoms with Crippen molar-refractivity contribution in [3.8, 4) is 0 Å². The molecule has 0 aliphatic heterocycles. The van der Waals surface area contributed by atoms with Crippen LogP contribution in [0.4, 0.5) is 13.2 Å². The van der Waals surface area contributed by atoms with Crippen LogP contribution in [-0.2, 0) is 0 Å². The summed E-state index contributed by atoms with van der Waals surface area (Å²) < 4.78 is 36.3. The molecule has 84 valence electrons. The molecule has 14 heavy (non-hydrogen) atoms. The van der Waals surface area contributed by atoms with E-state index in [1.54, 1.807) is 26.0 Å². The Morgan fingerprint density at radius 3 is 2.21 bits per heavy atom. The number of nitrogens with two attached hydrogens (primary N) is 1. The van der Waals surface area contributed by atoms with E-state index in [0.29, 0.717) is 6.54 Å². The summed E-state index contributed by atoms with van der Waals surface area (Å²) >= 11 is 0. The molecule has 0 saturated heterocycles. The third kappa shape index (κ3) is 6.91. The molecule has 0 atom stereocenters. The minimum absolute atomic E-state index is 0.126. The quantitative estimate of drug-likeness (QED) is 0.701. The number of hydrogen-bond donors (Lipinski definition) is 1. The van der Waals surface area contributed by atoms with Crippen molar-refractivity contribution < 1.29 is 13.2 Å². The molecular formula is C9H17F3N2. The smallest absolute Gasteiger partial charge is 0.327 e. The molecule has 0 radical (unpaired) electrons. The summed E-state index contributed by atoms with van der Waals surface area (Å²) in [6.07, 6.45) is -0.821. The topological polar surface area (TPSA) is 29.3 Å². The van der Waals surface area contributed by atoms with E-state index < -0.39 is 12.7 Å². The second-order valence-electron chi connectivity index (χ2n) is 3.35. The van der Waals surface area contributed by atoms with E-state index >= 15 is 0 Å². The molecule has 0 aromatic heterocycles. The van der Waals surface area contributed by atoms with Gasteiger partial charge in [0.25, 0.3) is 0 Å². The van der Waals surface area contributed by atoms with E-state index in [1.807, 2.05) is 0 Å². The normalized spacial score (nSPS) is 13.4. The fourth-order valence-corrected chi connectivity index (χ4v) is 0.994. The number of hydrogen-bond acceptors (Lipinski definition) is 2. The van der Waals surface area contributed by atoms with Crippen LogP contribution < -0.4 is 5.73 Å². The molecule has 0 aliphatic carbocycles. The highest BCUT2D eigenvalue weighted by molar-refractivity contribution is 4.87. The maximum absolute atomic E-state index is 12.1. The van der Waals surface area contributed by atoms with Crippen molar-refractivity contribution in [1.29, 1.82) is 0 Å². The molecule has 0 saturated carbocycles. The average molecular weight is 210 g/mol. The zero-order valence-electron chi connectivity index (χ0n) is 8.51. The molecule has 5 heteroatoms. The van der Waals surface area contributed by atoms with E-state index in [0.717, 1.165) is 0 Å². The minimum atomic E-state index is -4.14. The van der Waals surface area contributed by atoms with Crippen molar-refractivity contribution >= 4 is 0 Å². The SMILES string of the molecule is CC(C)N(CC=CCN)CC(F)(F)F. The van der Waals surface area contributed by atoms with Gasteiger partial charge >= 0.3 is 6.18 Å². The Hall–Kier alpha value is -0.550. The van der Waals surface area contributed by atoms with Gasteiger partial charge in [-0.3, -0.25) is 4.90 Å². The second-order valence-corrected chi connectivity index (χ2v) is 3.35. The van der Waals surface area contributed by atoms with Crippen molar-refractivity contribution in [2.75, 3.05) is 19.6 Å². The van der Waals surface area contributed by atoms with Gasteiger partial charge in [-0.05, 0) is 13.8 Å². The monoisotopic (exact) mass is 210 g/mol. The van der Waals surface area contributed by atoms with Crippen LogP contribution in [-0.4, -0.2) is 36.8 Å². The van der Waals surface area contributed by atoms with Gasteiger partial charge in [-0.25, -0.2) is 0 Å². The van der Waals surface area contributed by atoms with Crippen molar-refractivity contribution in [2.24, 2.45) is 5.73 Å². The molecule has 0 rings (SSSR count). The summed E-state index contributed by atoms with van der Waals surface area (Å²) in [5.74, 6) is 0. The van der Waals surface area contributed by atoms with Crippen LogP contribution in [0.1, 0.15) is 13.8 Å². The van der Waals surface area contributed by atoms with Gasteiger partial charge < -0.3 is 5.73 Å². The molecule has 0 fully saturated rings. The minimum Gasteiger partial charge on any atom is -0.327 e. The van der Waals surface area contributed by atoms with Crippen molar-refractivity contribution in [2.45, 2.75) is 26.1 Å². The molecule has 0 aromatic carbocycles.